The van der Waals surface area contributed by atoms with Gasteiger partial charge in [-0.2, -0.15) is 0 Å². The van der Waals surface area contributed by atoms with Gasteiger partial charge in [0, 0.05) is 23.4 Å². The maximum Gasteiger partial charge on any atom is 0.221 e. The molecule has 4 nitrogen and oxygen atoms in total. The fourth-order valence-corrected chi connectivity index (χ4v) is 4.89. The van der Waals surface area contributed by atoms with Crippen molar-refractivity contribution in [1.82, 2.24) is 4.90 Å². The molecule has 1 unspecified atom stereocenters. The molecule has 0 aliphatic heterocycles. The van der Waals surface area contributed by atoms with Crippen molar-refractivity contribution in [2.75, 3.05) is 14.1 Å². The van der Waals surface area contributed by atoms with E-state index in [-0.39, 0.29) is 29.6 Å². The van der Waals surface area contributed by atoms with Crippen LogP contribution in [0.1, 0.15) is 53.6 Å². The van der Waals surface area contributed by atoms with Crippen molar-refractivity contribution in [2.24, 2.45) is 17.6 Å². The molecule has 0 radical (unpaired) electrons. The number of amides is 1. The molecule has 3 rings (SSSR count). The van der Waals surface area contributed by atoms with E-state index in [1.165, 1.54) is 11.1 Å². The molecule has 1 fully saturated rings. The Balaban J connectivity index is 1.69. The van der Waals surface area contributed by atoms with Crippen molar-refractivity contribution in [1.29, 1.82) is 0 Å². The lowest BCUT2D eigenvalue weighted by atomic mass is 9.68. The van der Waals surface area contributed by atoms with Crippen molar-refractivity contribution in [2.45, 2.75) is 51.0 Å². The first kappa shape index (κ1) is 22.2. The van der Waals surface area contributed by atoms with Gasteiger partial charge >= 0.3 is 0 Å². The summed E-state index contributed by atoms with van der Waals surface area (Å²) in [4.78, 5) is 27.3. The van der Waals surface area contributed by atoms with Gasteiger partial charge in [-0.1, -0.05) is 60.2 Å². The number of ketones is 1. The summed E-state index contributed by atoms with van der Waals surface area (Å²) in [5.41, 5.74) is 9.11. The van der Waals surface area contributed by atoms with E-state index >= 15 is 0 Å². The topological polar surface area (TPSA) is 63.4 Å². The molecular formula is C26H34N2O2. The summed E-state index contributed by atoms with van der Waals surface area (Å²) in [5.74, 6) is -0.567. The maximum absolute atomic E-state index is 12.7. The van der Waals surface area contributed by atoms with E-state index in [9.17, 15) is 9.59 Å². The van der Waals surface area contributed by atoms with Crippen LogP contribution in [0.3, 0.4) is 0 Å². The highest BCUT2D eigenvalue weighted by molar-refractivity contribution is 5.98. The van der Waals surface area contributed by atoms with Crippen molar-refractivity contribution in [3.8, 4) is 0 Å². The first-order valence-electron chi connectivity index (χ1n) is 10.9. The van der Waals surface area contributed by atoms with Gasteiger partial charge in [-0.05, 0) is 64.6 Å². The third-order valence-electron chi connectivity index (χ3n) is 7.00. The number of carbonyl (C=O) groups excluding carboxylic acids is 2. The van der Waals surface area contributed by atoms with Crippen LogP contribution in [0.15, 0.2) is 54.6 Å². The SMILES string of the molecule is Cc1ccc(CC2(N(C)C)CCC(C(CC(=O)c3ccccc3)C(N)=O)CC2)cc1. The number of likely N-dealkylation sites (N-methyl/N-ethyl adjacent to an activating group) is 1. The second kappa shape index (κ2) is 9.57. The molecule has 1 amide bonds. The molecule has 0 spiro atoms. The fraction of sp³-hybridized carbons (Fsp3) is 0.462. The monoisotopic (exact) mass is 406 g/mol. The van der Waals surface area contributed by atoms with Gasteiger partial charge in [0.05, 0.1) is 0 Å². The quantitative estimate of drug-likeness (QED) is 0.661. The van der Waals surface area contributed by atoms with Crippen LogP contribution in [-0.2, 0) is 11.2 Å². The first-order chi connectivity index (χ1) is 14.3. The molecule has 2 aromatic carbocycles. The molecule has 2 aromatic rings. The zero-order chi connectivity index (χ0) is 21.7. The van der Waals surface area contributed by atoms with Gasteiger partial charge in [-0.3, -0.25) is 9.59 Å². The van der Waals surface area contributed by atoms with E-state index in [1.54, 1.807) is 12.1 Å². The molecule has 4 heteroatoms. The highest BCUT2D eigenvalue weighted by Gasteiger charge is 2.41. The zero-order valence-corrected chi connectivity index (χ0v) is 18.4. The number of benzene rings is 2. The summed E-state index contributed by atoms with van der Waals surface area (Å²) in [6.07, 6.45) is 5.04. The van der Waals surface area contributed by atoms with Crippen molar-refractivity contribution in [3.05, 3.63) is 71.3 Å². The largest absolute Gasteiger partial charge is 0.369 e. The van der Waals surface area contributed by atoms with Crippen LogP contribution in [0, 0.1) is 18.8 Å². The lowest BCUT2D eigenvalue weighted by Crippen LogP contribution is -2.50. The van der Waals surface area contributed by atoms with Crippen LogP contribution in [0.25, 0.3) is 0 Å². The van der Waals surface area contributed by atoms with E-state index in [2.05, 4.69) is 50.2 Å². The highest BCUT2D eigenvalue weighted by atomic mass is 16.1. The Labute approximate surface area is 180 Å². The Morgan fingerprint density at radius 1 is 1.03 bits per heavy atom. The van der Waals surface area contributed by atoms with Crippen LogP contribution in [0.4, 0.5) is 0 Å². The Morgan fingerprint density at radius 2 is 1.63 bits per heavy atom. The highest BCUT2D eigenvalue weighted by Crippen LogP contribution is 2.41. The molecule has 1 saturated carbocycles. The first-order valence-corrected chi connectivity index (χ1v) is 10.9. The molecule has 0 saturated heterocycles. The van der Waals surface area contributed by atoms with Gasteiger partial charge in [-0.15, -0.1) is 0 Å². The number of Topliss-reactive ketones (excluding diaryl/α,β-unsaturated/α-hetero) is 1. The van der Waals surface area contributed by atoms with Crippen LogP contribution < -0.4 is 5.73 Å². The molecule has 160 valence electrons. The number of hydrogen-bond acceptors (Lipinski definition) is 3. The number of hydrogen-bond donors (Lipinski definition) is 1. The number of primary amides is 1. The molecule has 1 aliphatic rings. The smallest absolute Gasteiger partial charge is 0.221 e. The third kappa shape index (κ3) is 5.17. The van der Waals surface area contributed by atoms with Crippen LogP contribution >= 0.6 is 0 Å². The van der Waals surface area contributed by atoms with E-state index in [0.717, 1.165) is 32.1 Å². The van der Waals surface area contributed by atoms with Gasteiger partial charge in [-0.25, -0.2) is 0 Å². The van der Waals surface area contributed by atoms with Crippen molar-refractivity contribution < 1.29 is 9.59 Å². The Kier molecular flexibility index (Phi) is 7.09. The Bertz CT molecular complexity index is 850. The van der Waals surface area contributed by atoms with Crippen LogP contribution in [-0.4, -0.2) is 36.2 Å². The molecular weight excluding hydrogens is 372 g/mol. The standard InChI is InChI=1S/C26H34N2O2/c1-19-9-11-20(12-10-19)18-26(28(2)3)15-13-21(14-16-26)23(25(27)30)17-24(29)22-7-5-4-6-8-22/h4-12,21,23H,13-18H2,1-3H3,(H2,27,30). The molecule has 0 aromatic heterocycles. The predicted octanol–water partition coefficient (Wildman–Crippen LogP) is 4.40. The van der Waals surface area contributed by atoms with Gasteiger partial charge in [0.15, 0.2) is 5.78 Å². The summed E-state index contributed by atoms with van der Waals surface area (Å²) in [7, 11) is 4.30. The summed E-state index contributed by atoms with van der Waals surface area (Å²) >= 11 is 0. The van der Waals surface area contributed by atoms with E-state index < -0.39 is 5.92 Å². The molecule has 2 N–H and O–H groups in total. The fourth-order valence-electron chi connectivity index (χ4n) is 4.89. The number of nitrogens with zero attached hydrogens (tertiary/aromatic N) is 1. The Hall–Kier alpha value is -2.46. The van der Waals surface area contributed by atoms with E-state index in [0.29, 0.717) is 5.56 Å². The number of rotatable bonds is 8. The average molecular weight is 407 g/mol. The zero-order valence-electron chi connectivity index (χ0n) is 18.4. The summed E-state index contributed by atoms with van der Waals surface area (Å²) in [5, 5.41) is 0. The molecule has 1 aliphatic carbocycles. The van der Waals surface area contributed by atoms with Crippen molar-refractivity contribution in [3.63, 3.8) is 0 Å². The minimum absolute atomic E-state index is 0.00324. The lowest BCUT2D eigenvalue weighted by molar-refractivity contribution is -0.124. The summed E-state index contributed by atoms with van der Waals surface area (Å²) < 4.78 is 0. The molecule has 30 heavy (non-hydrogen) atoms. The van der Waals surface area contributed by atoms with Crippen LogP contribution in [0.5, 0.6) is 0 Å². The van der Waals surface area contributed by atoms with Gasteiger partial charge < -0.3 is 10.6 Å². The molecule has 1 atom stereocenters. The second-order valence-corrected chi connectivity index (χ2v) is 9.12. The number of aryl methyl sites for hydroxylation is 1. The normalized spacial score (nSPS) is 22.6. The lowest BCUT2D eigenvalue weighted by Gasteiger charge is -2.46. The summed E-state index contributed by atoms with van der Waals surface area (Å²) in [6, 6.07) is 18.0. The number of nitrogens with two attached hydrogens (primary N) is 1. The molecule has 0 bridgehead atoms. The second-order valence-electron chi connectivity index (χ2n) is 9.12. The summed E-state index contributed by atoms with van der Waals surface area (Å²) in [6.45, 7) is 2.11. The van der Waals surface area contributed by atoms with E-state index in [4.69, 9.17) is 5.73 Å². The van der Waals surface area contributed by atoms with E-state index in [1.807, 2.05) is 18.2 Å². The van der Waals surface area contributed by atoms with Gasteiger partial charge in [0.25, 0.3) is 0 Å². The predicted molar refractivity (Wildman–Crippen MR) is 121 cm³/mol. The third-order valence-corrected chi connectivity index (χ3v) is 7.00. The molecule has 0 heterocycles. The minimum Gasteiger partial charge on any atom is -0.369 e. The maximum atomic E-state index is 12.7. The average Bonchev–Trinajstić information content (AvgIpc) is 2.74. The Morgan fingerprint density at radius 3 is 2.17 bits per heavy atom. The van der Waals surface area contributed by atoms with Crippen molar-refractivity contribution >= 4 is 11.7 Å². The van der Waals surface area contributed by atoms with Gasteiger partial charge in [0.1, 0.15) is 0 Å². The van der Waals surface area contributed by atoms with Crippen LogP contribution in [0.2, 0.25) is 0 Å². The van der Waals surface area contributed by atoms with Gasteiger partial charge in [0.2, 0.25) is 5.91 Å². The number of carbonyl (C=O) groups is 2. The minimum atomic E-state index is -0.391.